The van der Waals surface area contributed by atoms with Gasteiger partial charge in [0.1, 0.15) is 12.6 Å². The van der Waals surface area contributed by atoms with Gasteiger partial charge in [-0.25, -0.2) is 12.7 Å². The monoisotopic (exact) mass is 439 g/mol. The Bertz CT molecular complexity index is 1270. The number of hydrogen-bond donors (Lipinski definition) is 0. The number of hydrogen-bond acceptors (Lipinski definition) is 6. The van der Waals surface area contributed by atoms with Crippen LogP contribution in [0.2, 0.25) is 0 Å². The number of nitriles is 1. The van der Waals surface area contributed by atoms with Crippen LogP contribution in [0.25, 0.3) is 10.9 Å². The van der Waals surface area contributed by atoms with Gasteiger partial charge in [-0.05, 0) is 18.6 Å². The van der Waals surface area contributed by atoms with E-state index in [0.29, 0.717) is 16.5 Å². The summed E-state index contributed by atoms with van der Waals surface area (Å²) in [7, 11) is -3.90. The van der Waals surface area contributed by atoms with Crippen LogP contribution >= 0.6 is 0 Å². The quantitative estimate of drug-likeness (QED) is 0.524. The molecule has 0 fully saturated rings. The van der Waals surface area contributed by atoms with Crippen molar-refractivity contribution < 1.29 is 22.7 Å². The first-order chi connectivity index (χ1) is 14.8. The van der Waals surface area contributed by atoms with Crippen LogP contribution < -0.4 is 0 Å². The zero-order valence-corrected chi connectivity index (χ0v) is 17.9. The highest BCUT2D eigenvalue weighted by molar-refractivity contribution is 7.88. The van der Waals surface area contributed by atoms with E-state index >= 15 is 0 Å². The zero-order valence-electron chi connectivity index (χ0n) is 17.1. The SMILES string of the molecule is CCOC(=O)Cn1cc(C#N)c2cccc(C(=O)N(Cc3ccccc3)S(C)(=O)=O)c21. The molecule has 1 aromatic heterocycles. The number of esters is 1. The summed E-state index contributed by atoms with van der Waals surface area (Å²) in [5.41, 5.74) is 1.29. The summed E-state index contributed by atoms with van der Waals surface area (Å²) in [6.07, 6.45) is 2.42. The molecule has 0 aliphatic carbocycles. The van der Waals surface area contributed by atoms with Crippen molar-refractivity contribution in [2.75, 3.05) is 12.9 Å². The van der Waals surface area contributed by atoms with E-state index in [0.717, 1.165) is 10.6 Å². The van der Waals surface area contributed by atoms with Crippen LogP contribution in [0, 0.1) is 11.3 Å². The third kappa shape index (κ3) is 4.75. The lowest BCUT2D eigenvalue weighted by Crippen LogP contribution is -2.36. The molecule has 0 atom stereocenters. The summed E-state index contributed by atoms with van der Waals surface area (Å²) < 4.78 is 32.1. The van der Waals surface area contributed by atoms with Gasteiger partial charge in [0.2, 0.25) is 10.0 Å². The van der Waals surface area contributed by atoms with E-state index in [2.05, 4.69) is 0 Å². The van der Waals surface area contributed by atoms with E-state index in [-0.39, 0.29) is 30.8 Å². The number of para-hydroxylation sites is 1. The Morgan fingerprint density at radius 3 is 2.45 bits per heavy atom. The summed E-state index contributed by atoms with van der Waals surface area (Å²) in [6, 6.07) is 15.5. The molecule has 3 aromatic rings. The maximum absolute atomic E-state index is 13.4. The molecule has 0 spiro atoms. The summed E-state index contributed by atoms with van der Waals surface area (Å²) in [6.45, 7) is 1.51. The first-order valence-corrected chi connectivity index (χ1v) is 11.3. The van der Waals surface area contributed by atoms with Crippen LogP contribution in [-0.2, 0) is 32.6 Å². The van der Waals surface area contributed by atoms with E-state index in [9.17, 15) is 23.3 Å². The van der Waals surface area contributed by atoms with E-state index in [1.807, 2.05) is 6.07 Å². The summed E-state index contributed by atoms with van der Waals surface area (Å²) >= 11 is 0. The minimum atomic E-state index is -3.90. The van der Waals surface area contributed by atoms with Crippen molar-refractivity contribution in [1.29, 1.82) is 5.26 Å². The normalized spacial score (nSPS) is 11.1. The number of aromatic nitrogens is 1. The lowest BCUT2D eigenvalue weighted by molar-refractivity contribution is -0.143. The van der Waals surface area contributed by atoms with Crippen molar-refractivity contribution in [2.24, 2.45) is 0 Å². The van der Waals surface area contributed by atoms with E-state index in [1.54, 1.807) is 49.4 Å². The number of fused-ring (bicyclic) bond motifs is 1. The van der Waals surface area contributed by atoms with Gasteiger partial charge >= 0.3 is 5.97 Å². The van der Waals surface area contributed by atoms with Crippen molar-refractivity contribution in [3.63, 3.8) is 0 Å². The molecule has 0 saturated heterocycles. The Labute approximate surface area is 180 Å². The van der Waals surface area contributed by atoms with Gasteiger partial charge in [0, 0.05) is 11.6 Å². The molecule has 8 nitrogen and oxygen atoms in total. The first-order valence-electron chi connectivity index (χ1n) is 9.49. The lowest BCUT2D eigenvalue weighted by atomic mass is 10.1. The average molecular weight is 439 g/mol. The number of nitrogens with zero attached hydrogens (tertiary/aromatic N) is 3. The highest BCUT2D eigenvalue weighted by Crippen LogP contribution is 2.27. The fraction of sp³-hybridized carbons (Fsp3) is 0.227. The van der Waals surface area contributed by atoms with Crippen molar-refractivity contribution in [1.82, 2.24) is 8.87 Å². The van der Waals surface area contributed by atoms with Crippen molar-refractivity contribution >= 4 is 32.8 Å². The van der Waals surface area contributed by atoms with Crippen LogP contribution in [0.5, 0.6) is 0 Å². The molecular weight excluding hydrogens is 418 g/mol. The molecule has 9 heteroatoms. The van der Waals surface area contributed by atoms with E-state index < -0.39 is 21.9 Å². The highest BCUT2D eigenvalue weighted by Gasteiger charge is 2.28. The van der Waals surface area contributed by atoms with Gasteiger partial charge in [-0.1, -0.05) is 42.5 Å². The summed E-state index contributed by atoms with van der Waals surface area (Å²) in [4.78, 5) is 25.5. The third-order valence-corrected chi connectivity index (χ3v) is 5.75. The minimum Gasteiger partial charge on any atom is -0.465 e. The molecule has 1 heterocycles. The maximum Gasteiger partial charge on any atom is 0.325 e. The van der Waals surface area contributed by atoms with Gasteiger partial charge in [0.05, 0.1) is 36.1 Å². The second-order valence-corrected chi connectivity index (χ2v) is 8.76. The molecular formula is C22H21N3O5S. The smallest absolute Gasteiger partial charge is 0.325 e. The lowest BCUT2D eigenvalue weighted by Gasteiger charge is -2.21. The van der Waals surface area contributed by atoms with Gasteiger partial charge < -0.3 is 9.30 Å². The largest absolute Gasteiger partial charge is 0.465 e. The third-order valence-electron chi connectivity index (χ3n) is 4.65. The number of sulfonamides is 1. The molecule has 160 valence electrons. The Balaban J connectivity index is 2.13. The fourth-order valence-electron chi connectivity index (χ4n) is 3.32. The number of carbonyl (C=O) groups is 2. The summed E-state index contributed by atoms with van der Waals surface area (Å²) in [5, 5.41) is 9.93. The van der Waals surface area contributed by atoms with Crippen LogP contribution in [0.1, 0.15) is 28.4 Å². The molecule has 0 aliphatic rings. The molecule has 0 radical (unpaired) electrons. The molecule has 0 aliphatic heterocycles. The molecule has 3 rings (SSSR count). The van der Waals surface area contributed by atoms with E-state index in [1.165, 1.54) is 16.8 Å². The minimum absolute atomic E-state index is 0.0738. The van der Waals surface area contributed by atoms with Gasteiger partial charge in [0.15, 0.2) is 0 Å². The van der Waals surface area contributed by atoms with Gasteiger partial charge in [-0.3, -0.25) is 9.59 Å². The number of amides is 1. The van der Waals surface area contributed by atoms with Crippen LogP contribution in [0.4, 0.5) is 0 Å². The molecule has 0 saturated carbocycles. The highest BCUT2D eigenvalue weighted by atomic mass is 32.2. The van der Waals surface area contributed by atoms with Crippen molar-refractivity contribution in [3.8, 4) is 6.07 Å². The predicted octanol–water partition coefficient (Wildman–Crippen LogP) is 2.68. The maximum atomic E-state index is 13.4. The van der Waals surface area contributed by atoms with Crippen molar-refractivity contribution in [2.45, 2.75) is 20.0 Å². The van der Waals surface area contributed by atoms with E-state index in [4.69, 9.17) is 4.74 Å². The van der Waals surface area contributed by atoms with Crippen LogP contribution in [0.3, 0.4) is 0 Å². The Kier molecular flexibility index (Phi) is 6.42. The number of rotatable bonds is 7. The number of benzene rings is 2. The molecule has 0 N–H and O–H groups in total. The molecule has 0 unspecified atom stereocenters. The van der Waals surface area contributed by atoms with Gasteiger partial charge in [-0.15, -0.1) is 0 Å². The van der Waals surface area contributed by atoms with Gasteiger partial charge in [0.25, 0.3) is 5.91 Å². The molecule has 2 aromatic carbocycles. The number of carbonyl (C=O) groups excluding carboxylic acids is 2. The first kappa shape index (κ1) is 22.1. The Hall–Kier alpha value is -3.64. The second-order valence-electron chi connectivity index (χ2n) is 6.85. The van der Waals surface area contributed by atoms with Crippen molar-refractivity contribution in [3.05, 3.63) is 71.4 Å². The average Bonchev–Trinajstić information content (AvgIpc) is 3.09. The summed E-state index contributed by atoms with van der Waals surface area (Å²) in [5.74, 6) is -1.28. The molecule has 31 heavy (non-hydrogen) atoms. The Morgan fingerprint density at radius 2 is 1.84 bits per heavy atom. The molecule has 1 amide bonds. The molecule has 0 bridgehead atoms. The number of ether oxygens (including phenoxy) is 1. The van der Waals surface area contributed by atoms with Crippen LogP contribution in [0.15, 0.2) is 54.7 Å². The fourth-order valence-corrected chi connectivity index (χ4v) is 4.10. The predicted molar refractivity (Wildman–Crippen MR) is 114 cm³/mol. The zero-order chi connectivity index (χ0) is 22.6. The second kappa shape index (κ2) is 9.02. The van der Waals surface area contributed by atoms with Gasteiger partial charge in [-0.2, -0.15) is 5.26 Å². The Morgan fingerprint density at radius 1 is 1.13 bits per heavy atom. The topological polar surface area (TPSA) is 109 Å². The standard InChI is InChI=1S/C22H21N3O5S/c1-3-30-20(26)15-24-14-17(12-23)18-10-7-11-19(21(18)24)22(27)25(31(2,28)29)13-16-8-5-4-6-9-16/h4-11,14H,3,13,15H2,1-2H3. The van der Waals surface area contributed by atoms with Crippen LogP contribution in [-0.4, -0.2) is 42.0 Å².